The number of thioether (sulfide) groups is 1. The molecule has 4 atom stereocenters. The van der Waals surface area contributed by atoms with E-state index in [0.29, 0.717) is 18.1 Å². The van der Waals surface area contributed by atoms with Crippen molar-refractivity contribution in [2.45, 2.75) is 29.7 Å². The zero-order valence-electron chi connectivity index (χ0n) is 10.1. The third-order valence-electron chi connectivity index (χ3n) is 4.97. The van der Waals surface area contributed by atoms with Gasteiger partial charge in [0.1, 0.15) is 11.9 Å². The Morgan fingerprint density at radius 3 is 3.39 bits per heavy atom. The van der Waals surface area contributed by atoms with Crippen molar-refractivity contribution in [3.63, 3.8) is 0 Å². The van der Waals surface area contributed by atoms with Gasteiger partial charge in [-0.2, -0.15) is 0 Å². The summed E-state index contributed by atoms with van der Waals surface area (Å²) < 4.78 is 6.48. The molecule has 18 heavy (non-hydrogen) atoms. The summed E-state index contributed by atoms with van der Waals surface area (Å²) in [5.74, 6) is 2.81. The van der Waals surface area contributed by atoms with Crippen LogP contribution in [0.4, 0.5) is 0 Å². The molecule has 0 radical (unpaired) electrons. The Kier molecular flexibility index (Phi) is 1.73. The van der Waals surface area contributed by atoms with Gasteiger partial charge in [-0.25, -0.2) is 0 Å². The van der Waals surface area contributed by atoms with Gasteiger partial charge < -0.3 is 10.1 Å². The van der Waals surface area contributed by atoms with E-state index in [9.17, 15) is 0 Å². The molecule has 2 aliphatic carbocycles. The van der Waals surface area contributed by atoms with E-state index in [-0.39, 0.29) is 4.75 Å². The minimum absolute atomic E-state index is 0.203. The van der Waals surface area contributed by atoms with Crippen LogP contribution in [0.25, 0.3) is 0 Å². The zero-order chi connectivity index (χ0) is 11.7. The molecule has 2 aliphatic heterocycles. The molecule has 1 aromatic rings. The first kappa shape index (κ1) is 9.93. The largest absolute Gasteiger partial charge is 0.488 e. The topological polar surface area (TPSA) is 21.3 Å². The van der Waals surface area contributed by atoms with Gasteiger partial charge in [0.2, 0.25) is 0 Å². The van der Waals surface area contributed by atoms with Crippen molar-refractivity contribution in [1.29, 1.82) is 0 Å². The second-order valence-corrected chi connectivity index (χ2v) is 6.94. The molecule has 0 aromatic heterocycles. The number of nitrogens with one attached hydrogen (secondary N) is 1. The average molecular weight is 257 g/mol. The minimum Gasteiger partial charge on any atom is -0.488 e. The fourth-order valence-electron chi connectivity index (χ4n) is 4.31. The predicted octanol–water partition coefficient (Wildman–Crippen LogP) is 2.44. The third kappa shape index (κ3) is 0.949. The van der Waals surface area contributed by atoms with Crippen LogP contribution in [0.1, 0.15) is 17.5 Å². The zero-order valence-corrected chi connectivity index (χ0v) is 10.9. The lowest BCUT2D eigenvalue weighted by Crippen LogP contribution is -2.59. The number of benzene rings is 1. The Labute approximate surface area is 111 Å². The van der Waals surface area contributed by atoms with Crippen molar-refractivity contribution >= 4 is 11.8 Å². The van der Waals surface area contributed by atoms with Crippen LogP contribution in [0.5, 0.6) is 5.75 Å². The Morgan fingerprint density at radius 2 is 2.39 bits per heavy atom. The van der Waals surface area contributed by atoms with Crippen LogP contribution in [0.3, 0.4) is 0 Å². The number of hydrogen-bond donors (Lipinski definition) is 1. The van der Waals surface area contributed by atoms with Crippen LogP contribution in [0.2, 0.25) is 0 Å². The lowest BCUT2D eigenvalue weighted by Gasteiger charge is -2.52. The van der Waals surface area contributed by atoms with E-state index in [4.69, 9.17) is 4.74 Å². The first-order chi connectivity index (χ1) is 8.89. The van der Waals surface area contributed by atoms with Gasteiger partial charge in [-0.3, -0.25) is 0 Å². The molecule has 2 nitrogen and oxygen atoms in total. The van der Waals surface area contributed by atoms with Crippen molar-refractivity contribution in [2.75, 3.05) is 5.88 Å². The minimum atomic E-state index is 0.203. The lowest BCUT2D eigenvalue weighted by atomic mass is 9.67. The molecular weight excluding hydrogens is 242 g/mol. The maximum atomic E-state index is 6.28. The Hall–Kier alpha value is -0.930. The van der Waals surface area contributed by atoms with Gasteiger partial charge in [-0.05, 0) is 18.1 Å². The maximum Gasteiger partial charge on any atom is 0.124 e. The number of hydrogen-bond acceptors (Lipinski definition) is 3. The first-order valence-corrected chi connectivity index (χ1v) is 7.71. The number of ether oxygens (including phenoxy) is 1. The van der Waals surface area contributed by atoms with E-state index in [2.05, 4.69) is 47.4 Å². The molecule has 4 unspecified atom stereocenters. The van der Waals surface area contributed by atoms with Gasteiger partial charge in [0.05, 0.1) is 4.75 Å². The SMILES string of the molecule is C1=CC2C3Cc4cccc5c4C2(SCN3)C(C1)O5. The summed E-state index contributed by atoms with van der Waals surface area (Å²) in [7, 11) is 0. The van der Waals surface area contributed by atoms with Crippen LogP contribution in [-0.2, 0) is 11.2 Å². The lowest BCUT2D eigenvalue weighted by molar-refractivity contribution is 0.139. The van der Waals surface area contributed by atoms with Gasteiger partial charge in [0, 0.05) is 29.8 Å². The quantitative estimate of drug-likeness (QED) is 0.721. The molecule has 5 rings (SSSR count). The fraction of sp³-hybridized carbons (Fsp3) is 0.467. The highest BCUT2D eigenvalue weighted by Gasteiger charge is 2.61. The monoisotopic (exact) mass is 257 g/mol. The van der Waals surface area contributed by atoms with Gasteiger partial charge in [-0.15, -0.1) is 11.8 Å². The Morgan fingerprint density at radius 1 is 1.39 bits per heavy atom. The van der Waals surface area contributed by atoms with Gasteiger partial charge in [0.25, 0.3) is 0 Å². The molecule has 2 bridgehead atoms. The highest BCUT2D eigenvalue weighted by molar-refractivity contribution is 8.00. The van der Waals surface area contributed by atoms with Gasteiger partial charge >= 0.3 is 0 Å². The van der Waals surface area contributed by atoms with Crippen LogP contribution in [0.15, 0.2) is 30.4 Å². The first-order valence-electron chi connectivity index (χ1n) is 6.72. The van der Waals surface area contributed by atoms with E-state index in [0.717, 1.165) is 24.5 Å². The molecule has 1 saturated heterocycles. The van der Waals surface area contributed by atoms with Crippen molar-refractivity contribution in [3.8, 4) is 5.75 Å². The van der Waals surface area contributed by atoms with Crippen molar-refractivity contribution in [1.82, 2.24) is 5.32 Å². The van der Waals surface area contributed by atoms with Gasteiger partial charge in [-0.1, -0.05) is 24.3 Å². The Bertz CT molecular complexity index is 570. The molecule has 0 amide bonds. The molecule has 1 fully saturated rings. The summed E-state index contributed by atoms with van der Waals surface area (Å²) in [6.07, 6.45) is 7.32. The molecule has 3 heteroatoms. The predicted molar refractivity (Wildman–Crippen MR) is 72.9 cm³/mol. The van der Waals surface area contributed by atoms with Crippen LogP contribution in [0, 0.1) is 5.92 Å². The molecular formula is C15H15NOS. The van der Waals surface area contributed by atoms with E-state index < -0.39 is 0 Å². The average Bonchev–Trinajstić information content (AvgIpc) is 2.70. The second kappa shape index (κ2) is 3.14. The molecule has 1 N–H and O–H groups in total. The van der Waals surface area contributed by atoms with E-state index in [1.165, 1.54) is 11.1 Å². The number of rotatable bonds is 0. The van der Waals surface area contributed by atoms with Crippen LogP contribution >= 0.6 is 11.8 Å². The van der Waals surface area contributed by atoms with Crippen molar-refractivity contribution < 1.29 is 4.74 Å². The highest BCUT2D eigenvalue weighted by atomic mass is 32.2. The molecule has 0 saturated carbocycles. The summed E-state index contributed by atoms with van der Waals surface area (Å²) in [4.78, 5) is 0. The molecule has 1 aromatic carbocycles. The summed E-state index contributed by atoms with van der Waals surface area (Å²) in [5, 5.41) is 3.69. The van der Waals surface area contributed by atoms with E-state index in [1.54, 1.807) is 0 Å². The van der Waals surface area contributed by atoms with Gasteiger partial charge in [0.15, 0.2) is 0 Å². The van der Waals surface area contributed by atoms with E-state index in [1.807, 2.05) is 0 Å². The maximum absolute atomic E-state index is 6.28. The molecule has 4 aliphatic rings. The normalized spacial score (nSPS) is 42.3. The second-order valence-electron chi connectivity index (χ2n) is 5.68. The van der Waals surface area contributed by atoms with E-state index >= 15 is 0 Å². The molecule has 2 heterocycles. The third-order valence-corrected chi connectivity index (χ3v) is 6.50. The molecule has 92 valence electrons. The Balaban J connectivity index is 1.86. The summed E-state index contributed by atoms with van der Waals surface area (Å²) >= 11 is 2.07. The molecule has 1 spiro atoms. The summed E-state index contributed by atoms with van der Waals surface area (Å²) in [6, 6.07) is 7.19. The smallest absolute Gasteiger partial charge is 0.124 e. The van der Waals surface area contributed by atoms with Crippen molar-refractivity contribution in [3.05, 3.63) is 41.5 Å². The van der Waals surface area contributed by atoms with Crippen LogP contribution < -0.4 is 10.1 Å². The fourth-order valence-corrected chi connectivity index (χ4v) is 5.99. The highest BCUT2D eigenvalue weighted by Crippen LogP contribution is 2.63. The van der Waals surface area contributed by atoms with Crippen molar-refractivity contribution in [2.24, 2.45) is 5.92 Å². The summed E-state index contributed by atoms with van der Waals surface area (Å²) in [6.45, 7) is 0. The standard InChI is InChI=1S/C15H15NOS/c1-3-9-7-11-10-4-2-6-13-15(10,18-8-16-11)14(9)12(5-1)17-13/h1-5,10-11,13,16H,6-8H2. The van der Waals surface area contributed by atoms with Crippen LogP contribution in [-0.4, -0.2) is 18.0 Å². The summed E-state index contributed by atoms with van der Waals surface area (Å²) in [5.41, 5.74) is 3.03.